The molecule has 0 amide bonds. The topological polar surface area (TPSA) is 20.2 Å². The molecular formula is C15H20F2O. The number of benzene rings is 1. The van der Waals surface area contributed by atoms with Crippen molar-refractivity contribution in [2.24, 2.45) is 11.8 Å². The van der Waals surface area contributed by atoms with Crippen LogP contribution in [0.25, 0.3) is 0 Å². The van der Waals surface area contributed by atoms with Gasteiger partial charge in [0.05, 0.1) is 5.60 Å². The maximum atomic E-state index is 13.8. The molecule has 0 heterocycles. The van der Waals surface area contributed by atoms with Gasteiger partial charge in [-0.25, -0.2) is 8.78 Å². The standard InChI is InChI=1S/C15H20F2O/c1-10-5-3-6-11(9-10)15(2,18)12-7-4-8-13(16)14(12)17/h4,7-8,10-11,18H,3,5-6,9H2,1-2H3. The average molecular weight is 254 g/mol. The Morgan fingerprint density at radius 1 is 1.28 bits per heavy atom. The van der Waals surface area contributed by atoms with Gasteiger partial charge >= 0.3 is 0 Å². The molecule has 0 saturated heterocycles. The molecule has 3 heteroatoms. The quantitative estimate of drug-likeness (QED) is 0.845. The predicted molar refractivity (Wildman–Crippen MR) is 67.1 cm³/mol. The molecule has 1 aliphatic rings. The van der Waals surface area contributed by atoms with Crippen molar-refractivity contribution in [3.05, 3.63) is 35.4 Å². The molecule has 3 unspecified atom stereocenters. The van der Waals surface area contributed by atoms with Crippen molar-refractivity contribution in [2.75, 3.05) is 0 Å². The molecule has 3 atom stereocenters. The molecule has 18 heavy (non-hydrogen) atoms. The first-order valence-electron chi connectivity index (χ1n) is 6.59. The Labute approximate surface area is 107 Å². The zero-order chi connectivity index (χ0) is 13.3. The van der Waals surface area contributed by atoms with Gasteiger partial charge in [-0.15, -0.1) is 0 Å². The van der Waals surface area contributed by atoms with Crippen molar-refractivity contribution in [3.63, 3.8) is 0 Å². The zero-order valence-electron chi connectivity index (χ0n) is 10.9. The van der Waals surface area contributed by atoms with E-state index < -0.39 is 17.2 Å². The molecule has 1 saturated carbocycles. The van der Waals surface area contributed by atoms with E-state index >= 15 is 0 Å². The minimum absolute atomic E-state index is 0.00227. The van der Waals surface area contributed by atoms with Crippen LogP contribution in [0.5, 0.6) is 0 Å². The Bertz CT molecular complexity index is 429. The van der Waals surface area contributed by atoms with Crippen molar-refractivity contribution in [1.29, 1.82) is 0 Å². The van der Waals surface area contributed by atoms with E-state index in [1.807, 2.05) is 0 Å². The van der Waals surface area contributed by atoms with E-state index in [-0.39, 0.29) is 11.5 Å². The fourth-order valence-corrected chi connectivity index (χ4v) is 3.06. The van der Waals surface area contributed by atoms with E-state index in [1.54, 1.807) is 6.92 Å². The first-order chi connectivity index (χ1) is 8.43. The Morgan fingerprint density at radius 3 is 2.67 bits per heavy atom. The van der Waals surface area contributed by atoms with Crippen molar-refractivity contribution >= 4 is 0 Å². The minimum Gasteiger partial charge on any atom is -0.385 e. The molecule has 1 aromatic rings. The smallest absolute Gasteiger partial charge is 0.164 e. The lowest BCUT2D eigenvalue weighted by atomic mass is 9.71. The molecular weight excluding hydrogens is 234 g/mol. The number of aliphatic hydroxyl groups is 1. The van der Waals surface area contributed by atoms with Crippen molar-refractivity contribution in [1.82, 2.24) is 0 Å². The summed E-state index contributed by atoms with van der Waals surface area (Å²) in [5.74, 6) is -1.28. The molecule has 0 radical (unpaired) electrons. The molecule has 100 valence electrons. The molecule has 1 fully saturated rings. The summed E-state index contributed by atoms with van der Waals surface area (Å²) >= 11 is 0. The number of rotatable bonds is 2. The van der Waals surface area contributed by atoms with Gasteiger partial charge in [0.1, 0.15) is 0 Å². The Morgan fingerprint density at radius 2 is 2.00 bits per heavy atom. The van der Waals surface area contributed by atoms with Crippen LogP contribution in [0.2, 0.25) is 0 Å². The van der Waals surface area contributed by atoms with Crippen LogP contribution in [0.4, 0.5) is 8.78 Å². The number of halogens is 2. The molecule has 2 rings (SSSR count). The van der Waals surface area contributed by atoms with Gasteiger partial charge in [-0.05, 0) is 37.7 Å². The summed E-state index contributed by atoms with van der Waals surface area (Å²) in [5.41, 5.74) is -1.21. The van der Waals surface area contributed by atoms with Crippen molar-refractivity contribution in [2.45, 2.75) is 45.1 Å². The van der Waals surface area contributed by atoms with Gasteiger partial charge in [-0.3, -0.25) is 0 Å². The fourth-order valence-electron chi connectivity index (χ4n) is 3.06. The molecule has 0 aromatic heterocycles. The zero-order valence-corrected chi connectivity index (χ0v) is 10.9. The SMILES string of the molecule is CC1CCCC(C(C)(O)c2cccc(F)c2F)C1. The van der Waals surface area contributed by atoms with E-state index in [0.29, 0.717) is 5.92 Å². The highest BCUT2D eigenvalue weighted by Crippen LogP contribution is 2.41. The van der Waals surface area contributed by atoms with E-state index in [2.05, 4.69) is 6.92 Å². The largest absolute Gasteiger partial charge is 0.385 e. The highest BCUT2D eigenvalue weighted by molar-refractivity contribution is 5.25. The average Bonchev–Trinajstić information content (AvgIpc) is 2.32. The maximum absolute atomic E-state index is 13.8. The normalized spacial score (nSPS) is 27.8. The summed E-state index contributed by atoms with van der Waals surface area (Å²) in [5, 5.41) is 10.6. The van der Waals surface area contributed by atoms with Crippen LogP contribution in [0, 0.1) is 23.5 Å². The third-order valence-electron chi connectivity index (χ3n) is 4.23. The molecule has 1 aromatic carbocycles. The minimum atomic E-state index is -1.29. The third kappa shape index (κ3) is 2.41. The Kier molecular flexibility index (Phi) is 3.71. The van der Waals surface area contributed by atoms with Crippen LogP contribution in [0.1, 0.15) is 45.1 Å². The van der Waals surface area contributed by atoms with E-state index in [9.17, 15) is 13.9 Å². The van der Waals surface area contributed by atoms with Crippen LogP contribution in [0.15, 0.2) is 18.2 Å². The molecule has 1 nitrogen and oxygen atoms in total. The van der Waals surface area contributed by atoms with Gasteiger partial charge in [0.2, 0.25) is 0 Å². The first-order valence-corrected chi connectivity index (χ1v) is 6.59. The first kappa shape index (κ1) is 13.5. The molecule has 0 aliphatic heterocycles. The summed E-state index contributed by atoms with van der Waals surface area (Å²) in [6.45, 7) is 3.75. The van der Waals surface area contributed by atoms with E-state index in [1.165, 1.54) is 12.1 Å². The summed E-state index contributed by atoms with van der Waals surface area (Å²) in [6, 6.07) is 4.02. The monoisotopic (exact) mass is 254 g/mol. The molecule has 0 spiro atoms. The lowest BCUT2D eigenvalue weighted by Gasteiger charge is -2.38. The number of hydrogen-bond acceptors (Lipinski definition) is 1. The van der Waals surface area contributed by atoms with Crippen molar-refractivity contribution in [3.8, 4) is 0 Å². The number of hydrogen-bond donors (Lipinski definition) is 1. The van der Waals surface area contributed by atoms with E-state index in [4.69, 9.17) is 0 Å². The van der Waals surface area contributed by atoms with Gasteiger partial charge in [-0.1, -0.05) is 31.9 Å². The lowest BCUT2D eigenvalue weighted by molar-refractivity contribution is -0.0325. The van der Waals surface area contributed by atoms with Crippen molar-refractivity contribution < 1.29 is 13.9 Å². The van der Waals surface area contributed by atoms with Crippen LogP contribution in [-0.4, -0.2) is 5.11 Å². The maximum Gasteiger partial charge on any atom is 0.164 e. The predicted octanol–water partition coefficient (Wildman–Crippen LogP) is 4.00. The summed E-state index contributed by atoms with van der Waals surface area (Å²) in [4.78, 5) is 0. The second-order valence-corrected chi connectivity index (χ2v) is 5.72. The Hall–Kier alpha value is -0.960. The van der Waals surface area contributed by atoms with Gasteiger partial charge < -0.3 is 5.11 Å². The third-order valence-corrected chi connectivity index (χ3v) is 4.23. The second-order valence-electron chi connectivity index (χ2n) is 5.72. The molecule has 0 bridgehead atoms. The van der Waals surface area contributed by atoms with Gasteiger partial charge in [0.15, 0.2) is 11.6 Å². The van der Waals surface area contributed by atoms with Crippen LogP contribution < -0.4 is 0 Å². The van der Waals surface area contributed by atoms with Gasteiger partial charge in [-0.2, -0.15) is 0 Å². The fraction of sp³-hybridized carbons (Fsp3) is 0.600. The Balaban J connectivity index is 2.32. The molecule has 1 aliphatic carbocycles. The summed E-state index contributed by atoms with van der Waals surface area (Å²) in [7, 11) is 0. The highest BCUT2D eigenvalue weighted by atomic mass is 19.2. The summed E-state index contributed by atoms with van der Waals surface area (Å²) < 4.78 is 27.1. The lowest BCUT2D eigenvalue weighted by Crippen LogP contribution is -2.36. The molecule has 1 N–H and O–H groups in total. The second kappa shape index (κ2) is 4.96. The van der Waals surface area contributed by atoms with Gasteiger partial charge in [0.25, 0.3) is 0 Å². The van der Waals surface area contributed by atoms with Crippen LogP contribution in [0.3, 0.4) is 0 Å². The van der Waals surface area contributed by atoms with E-state index in [0.717, 1.165) is 31.7 Å². The van der Waals surface area contributed by atoms with Crippen LogP contribution in [-0.2, 0) is 5.60 Å². The van der Waals surface area contributed by atoms with Gasteiger partial charge in [0, 0.05) is 5.56 Å². The highest BCUT2D eigenvalue weighted by Gasteiger charge is 2.38. The van der Waals surface area contributed by atoms with Crippen LogP contribution >= 0.6 is 0 Å². The summed E-state index contributed by atoms with van der Waals surface area (Å²) in [6.07, 6.45) is 3.92.